The van der Waals surface area contributed by atoms with Gasteiger partial charge in [0.1, 0.15) is 6.33 Å². The Kier molecular flexibility index (Phi) is 3.09. The molecule has 0 saturated heterocycles. The Morgan fingerprint density at radius 2 is 1.59 bits per heavy atom. The van der Waals surface area contributed by atoms with Crippen molar-refractivity contribution in [2.24, 2.45) is 0 Å². The molecule has 3 aromatic carbocycles. The first-order valence-corrected chi connectivity index (χ1v) is 7.20. The number of halogens is 1. The van der Waals surface area contributed by atoms with Gasteiger partial charge < -0.3 is 5.32 Å². The minimum absolute atomic E-state index is 0.170. The second-order valence-electron chi connectivity index (χ2n) is 4.93. The second-order valence-corrected chi connectivity index (χ2v) is 5.27. The van der Waals surface area contributed by atoms with Crippen LogP contribution in [-0.4, -0.2) is 15.0 Å². The Hall–Kier alpha value is -2.72. The van der Waals surface area contributed by atoms with Gasteiger partial charge in [0.05, 0.1) is 0 Å². The number of anilines is 2. The van der Waals surface area contributed by atoms with Gasteiger partial charge in [-0.15, -0.1) is 0 Å². The molecule has 0 saturated carbocycles. The Labute approximate surface area is 131 Å². The smallest absolute Gasteiger partial charge is 0.231 e. The number of fused-ring (bicyclic) bond motifs is 2. The Bertz CT molecular complexity index is 984. The molecule has 0 aliphatic carbocycles. The fourth-order valence-electron chi connectivity index (χ4n) is 2.53. The molecule has 0 aliphatic rings. The second kappa shape index (κ2) is 5.24. The van der Waals surface area contributed by atoms with Gasteiger partial charge in [0.25, 0.3) is 0 Å². The van der Waals surface area contributed by atoms with Gasteiger partial charge >= 0.3 is 0 Å². The standard InChI is InChI=1S/C17H11ClN4/c18-16-19-10-20-17(22-16)21-15-7-3-6-13-8-11-4-1-2-5-12(11)9-14(13)15/h1-10H,(H,19,20,21,22). The van der Waals surface area contributed by atoms with Crippen molar-refractivity contribution in [2.45, 2.75) is 0 Å². The van der Waals surface area contributed by atoms with Crippen molar-refractivity contribution < 1.29 is 0 Å². The van der Waals surface area contributed by atoms with Gasteiger partial charge in [-0.1, -0.05) is 36.4 Å². The van der Waals surface area contributed by atoms with Crippen LogP contribution >= 0.6 is 11.6 Å². The molecule has 0 fully saturated rings. The summed E-state index contributed by atoms with van der Waals surface area (Å²) in [6, 6.07) is 18.7. The molecule has 0 atom stereocenters. The lowest BCUT2D eigenvalue weighted by molar-refractivity contribution is 1.05. The average molecular weight is 307 g/mol. The van der Waals surface area contributed by atoms with Crippen molar-refractivity contribution in [3.63, 3.8) is 0 Å². The van der Waals surface area contributed by atoms with Gasteiger partial charge in [0.2, 0.25) is 11.2 Å². The van der Waals surface area contributed by atoms with E-state index >= 15 is 0 Å². The first-order valence-electron chi connectivity index (χ1n) is 6.83. The molecule has 4 nitrogen and oxygen atoms in total. The molecule has 5 heteroatoms. The number of benzene rings is 3. The van der Waals surface area contributed by atoms with Gasteiger partial charge in [0.15, 0.2) is 0 Å². The summed E-state index contributed by atoms with van der Waals surface area (Å²) in [6.07, 6.45) is 1.39. The normalized spacial score (nSPS) is 11.0. The first-order chi connectivity index (χ1) is 10.8. The van der Waals surface area contributed by atoms with E-state index in [0.717, 1.165) is 16.5 Å². The molecule has 1 heterocycles. The van der Waals surface area contributed by atoms with Crippen LogP contribution in [0.15, 0.2) is 60.9 Å². The summed E-state index contributed by atoms with van der Waals surface area (Å²) >= 11 is 5.81. The number of rotatable bonds is 2. The summed E-state index contributed by atoms with van der Waals surface area (Å²) in [6.45, 7) is 0. The van der Waals surface area contributed by atoms with Crippen molar-refractivity contribution in [3.05, 3.63) is 66.2 Å². The van der Waals surface area contributed by atoms with Crippen LogP contribution < -0.4 is 5.32 Å². The summed E-state index contributed by atoms with van der Waals surface area (Å²) in [5.41, 5.74) is 0.936. The van der Waals surface area contributed by atoms with E-state index in [4.69, 9.17) is 11.6 Å². The van der Waals surface area contributed by atoms with Gasteiger partial charge in [-0.3, -0.25) is 0 Å². The Balaban J connectivity index is 1.88. The van der Waals surface area contributed by atoms with Crippen molar-refractivity contribution in [1.29, 1.82) is 0 Å². The SMILES string of the molecule is Clc1ncnc(Nc2cccc3cc4ccccc4cc23)n1. The average Bonchev–Trinajstić information content (AvgIpc) is 2.53. The molecule has 22 heavy (non-hydrogen) atoms. The monoisotopic (exact) mass is 306 g/mol. The summed E-state index contributed by atoms with van der Waals surface area (Å²) in [5.74, 6) is 0.431. The molecular weight excluding hydrogens is 296 g/mol. The zero-order valence-corrected chi connectivity index (χ0v) is 12.2. The van der Waals surface area contributed by atoms with Gasteiger partial charge in [-0.05, 0) is 46.0 Å². The Morgan fingerprint density at radius 1 is 0.818 bits per heavy atom. The third-order valence-electron chi connectivity index (χ3n) is 3.54. The summed E-state index contributed by atoms with van der Waals surface area (Å²) < 4.78 is 0. The molecule has 0 aliphatic heterocycles. The summed E-state index contributed by atoms with van der Waals surface area (Å²) in [5, 5.41) is 8.05. The summed E-state index contributed by atoms with van der Waals surface area (Å²) in [7, 11) is 0. The molecule has 1 N–H and O–H groups in total. The van der Waals surface area contributed by atoms with Crippen LogP contribution in [0.3, 0.4) is 0 Å². The van der Waals surface area contributed by atoms with Crippen molar-refractivity contribution in [2.75, 3.05) is 5.32 Å². The molecular formula is C17H11ClN4. The van der Waals surface area contributed by atoms with Gasteiger partial charge in [-0.2, -0.15) is 4.98 Å². The third kappa shape index (κ3) is 2.34. The minimum atomic E-state index is 0.170. The lowest BCUT2D eigenvalue weighted by Gasteiger charge is -2.09. The van der Waals surface area contributed by atoms with Crippen molar-refractivity contribution >= 4 is 44.8 Å². The van der Waals surface area contributed by atoms with Crippen LogP contribution in [0.1, 0.15) is 0 Å². The highest BCUT2D eigenvalue weighted by atomic mass is 35.5. The first kappa shape index (κ1) is 13.0. The predicted octanol–water partition coefficient (Wildman–Crippen LogP) is 4.58. The number of nitrogens with zero attached hydrogens (tertiary/aromatic N) is 3. The lowest BCUT2D eigenvalue weighted by Crippen LogP contribution is -1.98. The van der Waals surface area contributed by atoms with E-state index in [0.29, 0.717) is 5.95 Å². The van der Waals surface area contributed by atoms with E-state index in [-0.39, 0.29) is 5.28 Å². The molecule has 4 rings (SSSR count). The zero-order chi connectivity index (χ0) is 14.9. The topological polar surface area (TPSA) is 50.7 Å². The van der Waals surface area contributed by atoms with Gasteiger partial charge in [0, 0.05) is 11.1 Å². The van der Waals surface area contributed by atoms with E-state index in [9.17, 15) is 0 Å². The maximum atomic E-state index is 5.81. The zero-order valence-electron chi connectivity index (χ0n) is 11.5. The van der Waals surface area contributed by atoms with E-state index < -0.39 is 0 Å². The third-order valence-corrected chi connectivity index (χ3v) is 3.72. The molecule has 4 aromatic rings. The van der Waals surface area contributed by atoms with Crippen LogP contribution in [0.5, 0.6) is 0 Å². The van der Waals surface area contributed by atoms with E-state index in [1.54, 1.807) is 0 Å². The highest BCUT2D eigenvalue weighted by Gasteiger charge is 2.05. The molecule has 0 unspecified atom stereocenters. The van der Waals surface area contributed by atoms with Crippen molar-refractivity contribution in [3.8, 4) is 0 Å². The lowest BCUT2D eigenvalue weighted by atomic mass is 10.0. The molecule has 0 amide bonds. The molecule has 106 valence electrons. The number of nitrogens with one attached hydrogen (secondary N) is 1. The van der Waals surface area contributed by atoms with Crippen LogP contribution in [0, 0.1) is 0 Å². The Morgan fingerprint density at radius 3 is 2.41 bits per heavy atom. The number of hydrogen-bond acceptors (Lipinski definition) is 4. The highest BCUT2D eigenvalue weighted by Crippen LogP contribution is 2.29. The van der Waals surface area contributed by atoms with E-state index in [1.165, 1.54) is 17.1 Å². The molecule has 0 bridgehead atoms. The molecule has 0 radical (unpaired) electrons. The maximum absolute atomic E-state index is 5.81. The van der Waals surface area contributed by atoms with E-state index in [1.807, 2.05) is 24.3 Å². The van der Waals surface area contributed by atoms with Gasteiger partial charge in [-0.25, -0.2) is 9.97 Å². The molecule has 1 aromatic heterocycles. The fraction of sp³-hybridized carbons (Fsp3) is 0. The van der Waals surface area contributed by atoms with Crippen LogP contribution in [0.2, 0.25) is 5.28 Å². The quantitative estimate of drug-likeness (QED) is 0.551. The largest absolute Gasteiger partial charge is 0.323 e. The number of hydrogen-bond donors (Lipinski definition) is 1. The number of aromatic nitrogens is 3. The predicted molar refractivity (Wildman–Crippen MR) is 89.6 cm³/mol. The van der Waals surface area contributed by atoms with Crippen LogP contribution in [0.25, 0.3) is 21.5 Å². The van der Waals surface area contributed by atoms with Crippen molar-refractivity contribution in [1.82, 2.24) is 15.0 Å². The summed E-state index contributed by atoms with van der Waals surface area (Å²) in [4.78, 5) is 11.9. The van der Waals surface area contributed by atoms with E-state index in [2.05, 4.69) is 50.6 Å². The molecule has 0 spiro atoms. The maximum Gasteiger partial charge on any atom is 0.231 e. The fourth-order valence-corrected chi connectivity index (χ4v) is 2.66. The highest BCUT2D eigenvalue weighted by molar-refractivity contribution is 6.28. The van der Waals surface area contributed by atoms with Crippen LogP contribution in [0.4, 0.5) is 11.6 Å². The minimum Gasteiger partial charge on any atom is -0.323 e. The van der Waals surface area contributed by atoms with Crippen LogP contribution in [-0.2, 0) is 0 Å².